The Labute approximate surface area is 69.1 Å². The van der Waals surface area contributed by atoms with Crippen LogP contribution in [0.3, 0.4) is 0 Å². The van der Waals surface area contributed by atoms with Crippen LogP contribution < -0.4 is 0 Å². The lowest BCUT2D eigenvalue weighted by atomic mass is 9.85. The van der Waals surface area contributed by atoms with Crippen LogP contribution in [-0.4, -0.2) is 11.2 Å². The van der Waals surface area contributed by atoms with E-state index in [4.69, 9.17) is 0 Å². The Kier molecular flexibility index (Phi) is 3.13. The maximum atomic E-state index is 9.59. The predicted octanol–water partition coefficient (Wildman–Crippen LogP) is 2.50. The van der Waals surface area contributed by atoms with Gasteiger partial charge < -0.3 is 5.11 Å². The molecule has 0 heterocycles. The summed E-state index contributed by atoms with van der Waals surface area (Å²) in [6, 6.07) is 0. The third kappa shape index (κ3) is 2.06. The van der Waals surface area contributed by atoms with Crippen molar-refractivity contribution in [3.63, 3.8) is 0 Å². The van der Waals surface area contributed by atoms with Gasteiger partial charge in [-0.05, 0) is 25.2 Å². The Balaban J connectivity index is 2.54. The topological polar surface area (TPSA) is 20.2 Å². The summed E-state index contributed by atoms with van der Waals surface area (Å²) in [6.45, 7) is 4.31. The second kappa shape index (κ2) is 3.91. The number of allylic oxidation sites excluding steroid dienone is 1. The zero-order chi connectivity index (χ0) is 8.27. The van der Waals surface area contributed by atoms with Crippen molar-refractivity contribution in [1.82, 2.24) is 0 Å². The minimum Gasteiger partial charge on any atom is -0.389 e. The van der Waals surface area contributed by atoms with Crippen molar-refractivity contribution < 1.29 is 5.11 Å². The molecule has 0 amide bonds. The fourth-order valence-electron chi connectivity index (χ4n) is 1.74. The van der Waals surface area contributed by atoms with Gasteiger partial charge in [0.1, 0.15) is 0 Å². The number of aliphatic hydroxyl groups excluding tert-OH is 1. The molecule has 0 saturated carbocycles. The van der Waals surface area contributed by atoms with Crippen molar-refractivity contribution in [3.05, 3.63) is 11.6 Å². The summed E-state index contributed by atoms with van der Waals surface area (Å²) in [6.07, 6.45) is 6.48. The minimum atomic E-state index is -0.163. The molecule has 11 heavy (non-hydrogen) atoms. The molecule has 2 unspecified atom stereocenters. The van der Waals surface area contributed by atoms with Gasteiger partial charge in [-0.15, -0.1) is 0 Å². The van der Waals surface area contributed by atoms with Gasteiger partial charge in [0.05, 0.1) is 6.10 Å². The Morgan fingerprint density at radius 3 is 2.73 bits per heavy atom. The van der Waals surface area contributed by atoms with Crippen molar-refractivity contribution in [2.45, 2.75) is 45.6 Å². The zero-order valence-electron chi connectivity index (χ0n) is 7.51. The highest BCUT2D eigenvalue weighted by atomic mass is 16.3. The summed E-state index contributed by atoms with van der Waals surface area (Å²) in [5, 5.41) is 9.59. The van der Waals surface area contributed by atoms with E-state index in [-0.39, 0.29) is 6.10 Å². The highest BCUT2D eigenvalue weighted by Gasteiger charge is 2.19. The average molecular weight is 154 g/mol. The lowest BCUT2D eigenvalue weighted by Gasteiger charge is -2.25. The second-order valence-electron chi connectivity index (χ2n) is 3.38. The Bertz CT molecular complexity index is 149. The standard InChI is InChI=1S/C10H18O/c1-3-8-5-6-9(4-2)10(11)7-8/h7,9-11H,3-6H2,1-2H3. The molecule has 2 atom stereocenters. The summed E-state index contributed by atoms with van der Waals surface area (Å²) < 4.78 is 0. The summed E-state index contributed by atoms with van der Waals surface area (Å²) in [5.41, 5.74) is 1.43. The minimum absolute atomic E-state index is 0.163. The molecule has 0 fully saturated rings. The molecule has 0 aromatic carbocycles. The van der Waals surface area contributed by atoms with Gasteiger partial charge in [-0.1, -0.05) is 31.9 Å². The number of hydrogen-bond donors (Lipinski definition) is 1. The Morgan fingerprint density at radius 2 is 2.27 bits per heavy atom. The lowest BCUT2D eigenvalue weighted by molar-refractivity contribution is 0.135. The van der Waals surface area contributed by atoms with Crippen molar-refractivity contribution >= 4 is 0 Å². The number of hydrogen-bond acceptors (Lipinski definition) is 1. The normalized spacial score (nSPS) is 31.7. The molecule has 1 heteroatoms. The fraction of sp³-hybridized carbons (Fsp3) is 0.800. The predicted molar refractivity (Wildman–Crippen MR) is 47.4 cm³/mol. The monoisotopic (exact) mass is 154 g/mol. The van der Waals surface area contributed by atoms with Crippen LogP contribution in [0.25, 0.3) is 0 Å². The van der Waals surface area contributed by atoms with Crippen molar-refractivity contribution in [3.8, 4) is 0 Å². The fourth-order valence-corrected chi connectivity index (χ4v) is 1.74. The lowest BCUT2D eigenvalue weighted by Crippen LogP contribution is -2.21. The van der Waals surface area contributed by atoms with E-state index in [0.717, 1.165) is 12.8 Å². The van der Waals surface area contributed by atoms with E-state index < -0.39 is 0 Å². The summed E-state index contributed by atoms with van der Waals surface area (Å²) in [4.78, 5) is 0. The number of rotatable bonds is 2. The van der Waals surface area contributed by atoms with Gasteiger partial charge in [0.15, 0.2) is 0 Å². The molecular weight excluding hydrogens is 136 g/mol. The first-order chi connectivity index (χ1) is 5.27. The van der Waals surface area contributed by atoms with Crippen LogP contribution in [0.5, 0.6) is 0 Å². The SMILES string of the molecule is CCC1=CC(O)C(CC)CC1. The first-order valence-electron chi connectivity index (χ1n) is 4.65. The Morgan fingerprint density at radius 1 is 1.55 bits per heavy atom. The molecule has 0 saturated heterocycles. The molecule has 1 aliphatic carbocycles. The molecule has 1 nitrogen and oxygen atoms in total. The third-order valence-corrected chi connectivity index (χ3v) is 2.70. The van der Waals surface area contributed by atoms with E-state index in [1.165, 1.54) is 18.4 Å². The van der Waals surface area contributed by atoms with E-state index in [9.17, 15) is 5.11 Å². The third-order valence-electron chi connectivity index (χ3n) is 2.70. The molecule has 1 rings (SSSR count). The first kappa shape index (κ1) is 8.79. The van der Waals surface area contributed by atoms with Crippen LogP contribution in [-0.2, 0) is 0 Å². The zero-order valence-corrected chi connectivity index (χ0v) is 7.51. The van der Waals surface area contributed by atoms with Crippen LogP contribution in [0.4, 0.5) is 0 Å². The number of aliphatic hydroxyl groups is 1. The molecular formula is C10H18O. The van der Waals surface area contributed by atoms with E-state index in [0.29, 0.717) is 5.92 Å². The quantitative estimate of drug-likeness (QED) is 0.606. The molecule has 0 aromatic rings. The molecule has 64 valence electrons. The van der Waals surface area contributed by atoms with Crippen molar-refractivity contribution in [2.75, 3.05) is 0 Å². The van der Waals surface area contributed by atoms with Crippen LogP contribution in [0, 0.1) is 5.92 Å². The molecule has 0 aliphatic heterocycles. The highest BCUT2D eigenvalue weighted by Crippen LogP contribution is 2.27. The van der Waals surface area contributed by atoms with Gasteiger partial charge in [0, 0.05) is 0 Å². The van der Waals surface area contributed by atoms with Crippen LogP contribution in [0.15, 0.2) is 11.6 Å². The van der Waals surface area contributed by atoms with E-state index in [1.54, 1.807) is 0 Å². The summed E-state index contributed by atoms with van der Waals surface area (Å²) in [7, 11) is 0. The van der Waals surface area contributed by atoms with Gasteiger partial charge in [-0.2, -0.15) is 0 Å². The maximum absolute atomic E-state index is 9.59. The largest absolute Gasteiger partial charge is 0.389 e. The van der Waals surface area contributed by atoms with Gasteiger partial charge in [0.2, 0.25) is 0 Å². The molecule has 0 radical (unpaired) electrons. The molecule has 0 bridgehead atoms. The van der Waals surface area contributed by atoms with E-state index in [2.05, 4.69) is 19.9 Å². The van der Waals surface area contributed by atoms with Gasteiger partial charge in [0.25, 0.3) is 0 Å². The van der Waals surface area contributed by atoms with Gasteiger partial charge >= 0.3 is 0 Å². The summed E-state index contributed by atoms with van der Waals surface area (Å²) >= 11 is 0. The van der Waals surface area contributed by atoms with Gasteiger partial charge in [-0.25, -0.2) is 0 Å². The van der Waals surface area contributed by atoms with Crippen LogP contribution >= 0.6 is 0 Å². The average Bonchev–Trinajstić information content (AvgIpc) is 2.04. The van der Waals surface area contributed by atoms with E-state index >= 15 is 0 Å². The molecule has 0 aromatic heterocycles. The smallest absolute Gasteiger partial charge is 0.0751 e. The highest BCUT2D eigenvalue weighted by molar-refractivity contribution is 5.09. The van der Waals surface area contributed by atoms with Crippen LogP contribution in [0.1, 0.15) is 39.5 Å². The van der Waals surface area contributed by atoms with Crippen molar-refractivity contribution in [2.24, 2.45) is 5.92 Å². The molecule has 0 spiro atoms. The van der Waals surface area contributed by atoms with Crippen LogP contribution in [0.2, 0.25) is 0 Å². The van der Waals surface area contributed by atoms with Crippen molar-refractivity contribution in [1.29, 1.82) is 0 Å². The summed E-state index contributed by atoms with van der Waals surface area (Å²) in [5.74, 6) is 0.519. The molecule has 1 aliphatic rings. The first-order valence-corrected chi connectivity index (χ1v) is 4.65. The van der Waals surface area contributed by atoms with E-state index in [1.807, 2.05) is 0 Å². The molecule has 1 N–H and O–H groups in total. The Hall–Kier alpha value is -0.300. The van der Waals surface area contributed by atoms with Gasteiger partial charge in [-0.3, -0.25) is 0 Å². The maximum Gasteiger partial charge on any atom is 0.0751 e. The second-order valence-corrected chi connectivity index (χ2v) is 3.38.